The lowest BCUT2D eigenvalue weighted by Crippen LogP contribution is -2.53. The van der Waals surface area contributed by atoms with Gasteiger partial charge in [0.25, 0.3) is 10.0 Å². The molecule has 0 unspecified atom stereocenters. The van der Waals surface area contributed by atoms with Gasteiger partial charge in [-0.15, -0.1) is 0 Å². The van der Waals surface area contributed by atoms with Crippen LogP contribution in [0.4, 0.5) is 5.69 Å². The first-order valence-electron chi connectivity index (χ1n) is 13.3. The molecular formula is C30H35Cl2N3O5S. The molecule has 0 aliphatic carbocycles. The molecule has 0 fully saturated rings. The van der Waals surface area contributed by atoms with E-state index in [4.69, 9.17) is 27.9 Å². The topological polar surface area (TPSA) is 96.0 Å². The first-order valence-corrected chi connectivity index (χ1v) is 15.5. The lowest BCUT2D eigenvalue weighted by molar-refractivity contribution is -0.140. The van der Waals surface area contributed by atoms with Crippen LogP contribution in [0.3, 0.4) is 0 Å². The van der Waals surface area contributed by atoms with Gasteiger partial charge < -0.3 is 15.0 Å². The van der Waals surface area contributed by atoms with Gasteiger partial charge in [0.2, 0.25) is 11.8 Å². The van der Waals surface area contributed by atoms with E-state index in [0.717, 1.165) is 4.31 Å². The molecule has 0 aliphatic rings. The predicted molar refractivity (Wildman–Crippen MR) is 163 cm³/mol. The molecule has 3 aromatic rings. The first-order chi connectivity index (χ1) is 19.5. The highest BCUT2D eigenvalue weighted by atomic mass is 35.5. The van der Waals surface area contributed by atoms with Crippen molar-refractivity contribution in [2.24, 2.45) is 0 Å². The van der Waals surface area contributed by atoms with Gasteiger partial charge in [-0.1, -0.05) is 60.5 Å². The molecule has 0 saturated carbocycles. The van der Waals surface area contributed by atoms with Gasteiger partial charge in [-0.25, -0.2) is 8.42 Å². The third-order valence-corrected chi connectivity index (χ3v) is 8.62. The SMILES string of the molecule is CCOc1ccccc1N(CC(=O)N(Cc1ccccc1Cl)[C@H](CC)C(=O)NC(C)C)S(=O)(=O)c1ccc(Cl)cc1. The zero-order chi connectivity index (χ0) is 30.2. The second-order valence-corrected chi connectivity index (χ2v) is 12.3. The molecule has 3 rings (SSSR count). The molecule has 0 bridgehead atoms. The Kier molecular flexibility index (Phi) is 11.5. The number of nitrogens with zero attached hydrogens (tertiary/aromatic N) is 2. The molecule has 0 aliphatic heterocycles. The lowest BCUT2D eigenvalue weighted by atomic mass is 10.1. The zero-order valence-electron chi connectivity index (χ0n) is 23.5. The third-order valence-electron chi connectivity index (χ3n) is 6.23. The molecule has 1 atom stereocenters. The highest BCUT2D eigenvalue weighted by Gasteiger charge is 2.35. The average molecular weight is 621 g/mol. The van der Waals surface area contributed by atoms with Crippen LogP contribution in [0, 0.1) is 0 Å². The van der Waals surface area contributed by atoms with Crippen molar-refractivity contribution in [3.05, 3.63) is 88.4 Å². The number of ether oxygens (including phenoxy) is 1. The molecule has 41 heavy (non-hydrogen) atoms. The van der Waals surface area contributed by atoms with E-state index in [-0.39, 0.29) is 35.7 Å². The molecule has 3 aromatic carbocycles. The second-order valence-electron chi connectivity index (χ2n) is 9.57. The van der Waals surface area contributed by atoms with Gasteiger partial charge in [-0.2, -0.15) is 0 Å². The van der Waals surface area contributed by atoms with Crippen LogP contribution in [0.25, 0.3) is 0 Å². The number of para-hydroxylation sites is 2. The molecule has 220 valence electrons. The second kappa shape index (κ2) is 14.6. The Balaban J connectivity index is 2.13. The van der Waals surface area contributed by atoms with E-state index in [1.54, 1.807) is 62.4 Å². The van der Waals surface area contributed by atoms with E-state index in [1.165, 1.54) is 29.2 Å². The minimum atomic E-state index is -4.27. The summed E-state index contributed by atoms with van der Waals surface area (Å²) in [6.45, 7) is 6.93. The van der Waals surface area contributed by atoms with Crippen LogP contribution in [0.5, 0.6) is 5.75 Å². The van der Waals surface area contributed by atoms with Crippen molar-refractivity contribution in [2.75, 3.05) is 17.5 Å². The number of amides is 2. The van der Waals surface area contributed by atoms with E-state index in [1.807, 2.05) is 13.8 Å². The van der Waals surface area contributed by atoms with Crippen molar-refractivity contribution in [1.82, 2.24) is 10.2 Å². The zero-order valence-corrected chi connectivity index (χ0v) is 25.8. The number of nitrogens with one attached hydrogen (secondary N) is 1. The molecular weight excluding hydrogens is 585 g/mol. The maximum atomic E-state index is 14.2. The highest BCUT2D eigenvalue weighted by Crippen LogP contribution is 2.33. The molecule has 1 N–H and O–H groups in total. The quantitative estimate of drug-likeness (QED) is 0.256. The van der Waals surface area contributed by atoms with Gasteiger partial charge in [0.05, 0.1) is 17.2 Å². The summed E-state index contributed by atoms with van der Waals surface area (Å²) in [5, 5.41) is 3.67. The fourth-order valence-corrected chi connectivity index (χ4v) is 6.04. The van der Waals surface area contributed by atoms with Gasteiger partial charge in [-0.3, -0.25) is 13.9 Å². The van der Waals surface area contributed by atoms with Crippen LogP contribution in [0.1, 0.15) is 39.7 Å². The van der Waals surface area contributed by atoms with Gasteiger partial charge in [0.1, 0.15) is 18.3 Å². The molecule has 11 heteroatoms. The van der Waals surface area contributed by atoms with E-state index in [9.17, 15) is 18.0 Å². The monoisotopic (exact) mass is 619 g/mol. The average Bonchev–Trinajstić information content (AvgIpc) is 2.93. The Morgan fingerprint density at radius 2 is 1.56 bits per heavy atom. The molecule has 0 heterocycles. The first kappa shape index (κ1) is 32.2. The molecule has 2 amide bonds. The summed E-state index contributed by atoms with van der Waals surface area (Å²) in [6.07, 6.45) is 0.300. The Morgan fingerprint density at radius 3 is 2.17 bits per heavy atom. The fraction of sp³-hybridized carbons (Fsp3) is 0.333. The normalized spacial score (nSPS) is 12.1. The Bertz CT molecular complexity index is 1450. The summed E-state index contributed by atoms with van der Waals surface area (Å²) in [5.74, 6) is -0.633. The summed E-state index contributed by atoms with van der Waals surface area (Å²) in [5.41, 5.74) is 0.815. The van der Waals surface area contributed by atoms with Gasteiger partial charge >= 0.3 is 0 Å². The van der Waals surface area contributed by atoms with E-state index < -0.39 is 28.5 Å². The number of halogens is 2. The van der Waals surface area contributed by atoms with Crippen LogP contribution < -0.4 is 14.4 Å². The Morgan fingerprint density at radius 1 is 0.927 bits per heavy atom. The minimum Gasteiger partial charge on any atom is -0.492 e. The highest BCUT2D eigenvalue weighted by molar-refractivity contribution is 7.92. The van der Waals surface area contributed by atoms with Gasteiger partial charge in [0.15, 0.2) is 0 Å². The van der Waals surface area contributed by atoms with E-state index in [0.29, 0.717) is 27.8 Å². The third kappa shape index (κ3) is 8.15. The minimum absolute atomic E-state index is 0.00443. The number of anilines is 1. The van der Waals surface area contributed by atoms with Crippen LogP contribution >= 0.6 is 23.2 Å². The number of carbonyl (C=O) groups is 2. The lowest BCUT2D eigenvalue weighted by Gasteiger charge is -2.34. The maximum Gasteiger partial charge on any atom is 0.264 e. The van der Waals surface area contributed by atoms with Crippen molar-refractivity contribution in [2.45, 2.75) is 57.6 Å². The number of benzene rings is 3. The predicted octanol–water partition coefficient (Wildman–Crippen LogP) is 5.92. The number of hydrogen-bond donors (Lipinski definition) is 1. The van der Waals surface area contributed by atoms with Crippen LogP contribution in [0.2, 0.25) is 10.0 Å². The van der Waals surface area contributed by atoms with Gasteiger partial charge in [0, 0.05) is 22.6 Å². The van der Waals surface area contributed by atoms with Crippen molar-refractivity contribution in [3.63, 3.8) is 0 Å². The molecule has 0 saturated heterocycles. The van der Waals surface area contributed by atoms with Crippen molar-refractivity contribution in [1.29, 1.82) is 0 Å². The van der Waals surface area contributed by atoms with E-state index in [2.05, 4.69) is 5.32 Å². The summed E-state index contributed by atoms with van der Waals surface area (Å²) < 4.78 is 34.8. The molecule has 0 spiro atoms. The standard InChI is InChI=1S/C30H35Cl2N3O5S/c1-5-26(30(37)33-21(3)4)34(19-22-11-7-8-12-25(22)32)29(36)20-35(27-13-9-10-14-28(27)40-6-2)41(38,39)24-17-15-23(31)16-18-24/h7-18,21,26H,5-6,19-20H2,1-4H3,(H,33,37)/t26-/m1/s1. The molecule has 0 radical (unpaired) electrons. The van der Waals surface area contributed by atoms with Crippen molar-refractivity contribution in [3.8, 4) is 5.75 Å². The number of hydrogen-bond acceptors (Lipinski definition) is 5. The largest absolute Gasteiger partial charge is 0.492 e. The fourth-order valence-electron chi connectivity index (χ4n) is 4.30. The van der Waals surface area contributed by atoms with Crippen molar-refractivity contribution >= 4 is 50.7 Å². The van der Waals surface area contributed by atoms with Crippen molar-refractivity contribution < 1.29 is 22.7 Å². The smallest absolute Gasteiger partial charge is 0.264 e. The van der Waals surface area contributed by atoms with Crippen LogP contribution in [-0.2, 0) is 26.2 Å². The molecule has 0 aromatic heterocycles. The molecule has 8 nitrogen and oxygen atoms in total. The maximum absolute atomic E-state index is 14.2. The van der Waals surface area contributed by atoms with Gasteiger partial charge in [-0.05, 0) is 75.2 Å². The summed E-state index contributed by atoms with van der Waals surface area (Å²) in [6, 6.07) is 18.3. The summed E-state index contributed by atoms with van der Waals surface area (Å²) >= 11 is 12.5. The summed E-state index contributed by atoms with van der Waals surface area (Å²) in [7, 11) is -4.27. The number of carbonyl (C=O) groups excluding carboxylic acids is 2. The van der Waals surface area contributed by atoms with Crippen LogP contribution in [-0.4, -0.2) is 50.4 Å². The summed E-state index contributed by atoms with van der Waals surface area (Å²) in [4.78, 5) is 28.7. The number of sulfonamides is 1. The van der Waals surface area contributed by atoms with E-state index >= 15 is 0 Å². The number of rotatable bonds is 13. The Hall–Kier alpha value is -3.27. The van der Waals surface area contributed by atoms with Crippen LogP contribution in [0.15, 0.2) is 77.7 Å². The Labute approximate surface area is 252 Å².